The quantitative estimate of drug-likeness (QED) is 0.321. The molecular weight excluding hydrogens is 412 g/mol. The van der Waals surface area contributed by atoms with Gasteiger partial charge in [-0.15, -0.1) is 11.3 Å². The maximum atomic E-state index is 5.47. The van der Waals surface area contributed by atoms with Crippen molar-refractivity contribution in [1.29, 1.82) is 0 Å². The molecule has 8 heteroatoms. The van der Waals surface area contributed by atoms with Crippen LogP contribution in [-0.2, 0) is 0 Å². The van der Waals surface area contributed by atoms with Crippen LogP contribution in [0.4, 0.5) is 5.82 Å². The lowest BCUT2D eigenvalue weighted by Crippen LogP contribution is -2.00. The van der Waals surface area contributed by atoms with Crippen LogP contribution in [0.2, 0.25) is 0 Å². The molecule has 158 valence electrons. The van der Waals surface area contributed by atoms with Crippen molar-refractivity contribution >= 4 is 33.6 Å². The van der Waals surface area contributed by atoms with Crippen molar-refractivity contribution in [1.82, 2.24) is 9.97 Å². The number of thiophene rings is 1. The molecule has 7 nitrogen and oxygen atoms in total. The summed E-state index contributed by atoms with van der Waals surface area (Å²) in [5.74, 6) is 3.13. The van der Waals surface area contributed by atoms with Crippen LogP contribution in [0, 0.1) is 6.92 Å². The van der Waals surface area contributed by atoms with Crippen LogP contribution in [0.25, 0.3) is 20.7 Å². The molecule has 2 aromatic heterocycles. The SMILES string of the molecule is COc1cc(OC)c(/C=N/Nc2nc(C)nc3sc(-c4ccccc4)cc23)c(OC)c1. The van der Waals surface area contributed by atoms with E-state index in [1.807, 2.05) is 25.1 Å². The highest BCUT2D eigenvalue weighted by Gasteiger charge is 2.13. The standard InChI is InChI=1S/C23H22N4O3S/c1-14-25-22(17-12-21(31-23(17)26-14)15-8-6-5-7-9-15)27-24-13-18-19(29-3)10-16(28-2)11-20(18)30-4/h5-13H,1-4H3,(H,25,26,27)/b24-13+. The second kappa shape index (κ2) is 9.01. The van der Waals surface area contributed by atoms with Gasteiger partial charge in [-0.3, -0.25) is 5.43 Å². The van der Waals surface area contributed by atoms with E-state index in [4.69, 9.17) is 14.2 Å². The lowest BCUT2D eigenvalue weighted by atomic mass is 10.2. The van der Waals surface area contributed by atoms with E-state index in [1.54, 1.807) is 51.0 Å². The van der Waals surface area contributed by atoms with Crippen molar-refractivity contribution in [3.05, 3.63) is 59.9 Å². The van der Waals surface area contributed by atoms with E-state index in [-0.39, 0.29) is 0 Å². The Balaban J connectivity index is 1.68. The van der Waals surface area contributed by atoms with E-state index in [9.17, 15) is 0 Å². The largest absolute Gasteiger partial charge is 0.496 e. The molecule has 0 spiro atoms. The number of hydrogen-bond acceptors (Lipinski definition) is 8. The number of nitrogens with zero attached hydrogens (tertiary/aromatic N) is 3. The number of hydrogen-bond donors (Lipinski definition) is 1. The lowest BCUT2D eigenvalue weighted by Gasteiger charge is -2.12. The van der Waals surface area contributed by atoms with Crippen molar-refractivity contribution in [3.8, 4) is 27.7 Å². The maximum absolute atomic E-state index is 5.47. The van der Waals surface area contributed by atoms with Crippen LogP contribution in [0.15, 0.2) is 53.6 Å². The van der Waals surface area contributed by atoms with Gasteiger partial charge in [0, 0.05) is 17.0 Å². The highest BCUT2D eigenvalue weighted by molar-refractivity contribution is 7.21. The Labute approximate surface area is 184 Å². The minimum absolute atomic E-state index is 0.590. The highest BCUT2D eigenvalue weighted by atomic mass is 32.1. The number of ether oxygens (including phenoxy) is 3. The minimum atomic E-state index is 0.590. The van der Waals surface area contributed by atoms with Gasteiger partial charge in [-0.25, -0.2) is 9.97 Å². The summed E-state index contributed by atoms with van der Waals surface area (Å²) in [6.07, 6.45) is 1.64. The molecule has 0 unspecified atom stereocenters. The van der Waals surface area contributed by atoms with Crippen molar-refractivity contribution in [2.75, 3.05) is 26.8 Å². The zero-order chi connectivity index (χ0) is 21.8. The molecule has 0 aliphatic carbocycles. The average Bonchev–Trinajstić information content (AvgIpc) is 3.23. The highest BCUT2D eigenvalue weighted by Crippen LogP contribution is 2.36. The first-order chi connectivity index (χ1) is 15.1. The second-order valence-electron chi connectivity index (χ2n) is 6.63. The fourth-order valence-electron chi connectivity index (χ4n) is 3.18. The van der Waals surface area contributed by atoms with Crippen LogP contribution in [0.3, 0.4) is 0 Å². The number of aryl methyl sites for hydroxylation is 1. The molecule has 0 saturated carbocycles. The molecule has 0 bridgehead atoms. The summed E-state index contributed by atoms with van der Waals surface area (Å²) < 4.78 is 16.2. The summed E-state index contributed by atoms with van der Waals surface area (Å²) in [6, 6.07) is 15.9. The van der Waals surface area contributed by atoms with Gasteiger partial charge in [0.2, 0.25) is 0 Å². The summed E-state index contributed by atoms with van der Waals surface area (Å²) in [5.41, 5.74) is 4.89. The molecule has 4 aromatic rings. The number of rotatable bonds is 7. The summed E-state index contributed by atoms with van der Waals surface area (Å²) >= 11 is 1.63. The predicted octanol–water partition coefficient (Wildman–Crippen LogP) is 5.14. The van der Waals surface area contributed by atoms with Crippen molar-refractivity contribution < 1.29 is 14.2 Å². The second-order valence-corrected chi connectivity index (χ2v) is 7.66. The number of methoxy groups -OCH3 is 3. The molecule has 4 rings (SSSR count). The summed E-state index contributed by atoms with van der Waals surface area (Å²) in [5, 5.41) is 5.31. The number of benzene rings is 2. The third-order valence-corrected chi connectivity index (χ3v) is 5.76. The predicted molar refractivity (Wildman–Crippen MR) is 125 cm³/mol. The molecule has 0 fully saturated rings. The van der Waals surface area contributed by atoms with Gasteiger partial charge in [0.05, 0.1) is 38.5 Å². The van der Waals surface area contributed by atoms with Crippen LogP contribution >= 0.6 is 11.3 Å². The maximum Gasteiger partial charge on any atom is 0.158 e. The molecule has 2 heterocycles. The fourth-order valence-corrected chi connectivity index (χ4v) is 4.26. The van der Waals surface area contributed by atoms with Gasteiger partial charge in [0.1, 0.15) is 27.9 Å². The first-order valence-corrected chi connectivity index (χ1v) is 10.4. The topological polar surface area (TPSA) is 77.9 Å². The fraction of sp³-hybridized carbons (Fsp3) is 0.174. The molecule has 0 atom stereocenters. The molecule has 0 amide bonds. The number of aromatic nitrogens is 2. The monoisotopic (exact) mass is 434 g/mol. The van der Waals surface area contributed by atoms with E-state index >= 15 is 0 Å². The van der Waals surface area contributed by atoms with Gasteiger partial charge in [-0.2, -0.15) is 5.10 Å². The van der Waals surface area contributed by atoms with Gasteiger partial charge in [-0.1, -0.05) is 30.3 Å². The molecule has 0 aliphatic heterocycles. The number of fused-ring (bicyclic) bond motifs is 1. The molecule has 1 N–H and O–H groups in total. The van der Waals surface area contributed by atoms with Crippen LogP contribution < -0.4 is 19.6 Å². The normalized spacial score (nSPS) is 11.1. The van der Waals surface area contributed by atoms with E-state index in [2.05, 4.69) is 38.7 Å². The van der Waals surface area contributed by atoms with E-state index in [0.29, 0.717) is 34.5 Å². The van der Waals surface area contributed by atoms with E-state index < -0.39 is 0 Å². The Bertz CT molecular complexity index is 1210. The van der Waals surface area contributed by atoms with E-state index in [1.165, 1.54) is 0 Å². The van der Waals surface area contributed by atoms with Crippen molar-refractivity contribution in [2.45, 2.75) is 6.92 Å². The Hall–Kier alpha value is -3.65. The molecule has 2 aromatic carbocycles. The molecule has 31 heavy (non-hydrogen) atoms. The molecular formula is C23H22N4O3S. The molecule has 0 saturated heterocycles. The zero-order valence-corrected chi connectivity index (χ0v) is 18.5. The molecule has 0 radical (unpaired) electrons. The van der Waals surface area contributed by atoms with Crippen LogP contribution in [-0.4, -0.2) is 37.5 Å². The Morgan fingerprint density at radius 2 is 1.65 bits per heavy atom. The minimum Gasteiger partial charge on any atom is -0.496 e. The van der Waals surface area contributed by atoms with Crippen molar-refractivity contribution in [2.24, 2.45) is 5.10 Å². The number of nitrogens with one attached hydrogen (secondary N) is 1. The third-order valence-electron chi connectivity index (χ3n) is 4.68. The summed E-state index contributed by atoms with van der Waals surface area (Å²) in [7, 11) is 4.77. The van der Waals surface area contributed by atoms with Crippen molar-refractivity contribution in [3.63, 3.8) is 0 Å². The lowest BCUT2D eigenvalue weighted by molar-refractivity contribution is 0.374. The smallest absolute Gasteiger partial charge is 0.158 e. The van der Waals surface area contributed by atoms with Gasteiger partial charge >= 0.3 is 0 Å². The van der Waals surface area contributed by atoms with E-state index in [0.717, 1.165) is 20.7 Å². The van der Waals surface area contributed by atoms with Gasteiger partial charge in [-0.05, 0) is 18.6 Å². The Kier molecular flexibility index (Phi) is 5.99. The average molecular weight is 435 g/mol. The number of hydrazone groups is 1. The van der Waals surface area contributed by atoms with Gasteiger partial charge < -0.3 is 14.2 Å². The first-order valence-electron chi connectivity index (χ1n) is 9.55. The molecule has 0 aliphatic rings. The van der Waals surface area contributed by atoms with Crippen LogP contribution in [0.5, 0.6) is 17.2 Å². The van der Waals surface area contributed by atoms with Gasteiger partial charge in [0.15, 0.2) is 5.82 Å². The van der Waals surface area contributed by atoms with Gasteiger partial charge in [0.25, 0.3) is 0 Å². The first kappa shape index (κ1) is 20.6. The Morgan fingerprint density at radius 3 is 2.29 bits per heavy atom. The third kappa shape index (κ3) is 4.29. The van der Waals surface area contributed by atoms with Crippen LogP contribution in [0.1, 0.15) is 11.4 Å². The summed E-state index contributed by atoms with van der Waals surface area (Å²) in [4.78, 5) is 11.2. The summed E-state index contributed by atoms with van der Waals surface area (Å²) in [6.45, 7) is 1.87. The Morgan fingerprint density at radius 1 is 0.935 bits per heavy atom. The number of anilines is 1. The zero-order valence-electron chi connectivity index (χ0n) is 17.7.